The second-order valence-electron chi connectivity index (χ2n) is 5.39. The first-order valence-electron chi connectivity index (χ1n) is 7.44. The van der Waals surface area contributed by atoms with Gasteiger partial charge in [-0.15, -0.1) is 0 Å². The Morgan fingerprint density at radius 2 is 1.90 bits per heavy atom. The van der Waals surface area contributed by atoms with Crippen molar-refractivity contribution in [1.82, 2.24) is 9.97 Å². The van der Waals surface area contributed by atoms with E-state index in [0.717, 1.165) is 31.7 Å². The third-order valence-corrected chi connectivity index (χ3v) is 3.97. The predicted molar refractivity (Wildman–Crippen MR) is 77.0 cm³/mol. The van der Waals surface area contributed by atoms with Gasteiger partial charge < -0.3 is 20.1 Å². The van der Waals surface area contributed by atoms with Crippen LogP contribution in [0, 0.1) is 0 Å². The predicted octanol–water partition coefficient (Wildman–Crippen LogP) is 1.61. The minimum atomic E-state index is 0.249. The molecule has 6 heteroatoms. The molecule has 1 aromatic rings. The Balaban J connectivity index is 1.74. The smallest absolute Gasteiger partial charge is 0.242 e. The third kappa shape index (κ3) is 2.95. The average Bonchev–Trinajstić information content (AvgIpc) is 2.51. The maximum atomic E-state index is 6.20. The van der Waals surface area contributed by atoms with E-state index in [1.54, 1.807) is 6.33 Å². The van der Waals surface area contributed by atoms with Crippen LogP contribution in [-0.4, -0.2) is 42.4 Å². The highest BCUT2D eigenvalue weighted by Crippen LogP contribution is 2.31. The number of ether oxygens (including phenoxy) is 2. The van der Waals surface area contributed by atoms with E-state index >= 15 is 0 Å². The molecule has 0 spiro atoms. The lowest BCUT2D eigenvalue weighted by Gasteiger charge is -2.29. The Kier molecular flexibility index (Phi) is 4.20. The van der Waals surface area contributed by atoms with Gasteiger partial charge in [0.2, 0.25) is 5.88 Å². The lowest BCUT2D eigenvalue weighted by atomic mass is 9.98. The highest BCUT2D eigenvalue weighted by atomic mass is 16.5. The molecule has 0 amide bonds. The van der Waals surface area contributed by atoms with E-state index in [0.29, 0.717) is 24.8 Å². The first-order chi connectivity index (χ1) is 9.84. The molecule has 1 saturated heterocycles. The van der Waals surface area contributed by atoms with Crippen molar-refractivity contribution >= 4 is 11.5 Å². The molecule has 0 bridgehead atoms. The molecule has 0 radical (unpaired) electrons. The van der Waals surface area contributed by atoms with Crippen LogP contribution in [-0.2, 0) is 4.74 Å². The monoisotopic (exact) mass is 278 g/mol. The highest BCUT2D eigenvalue weighted by Gasteiger charge is 2.21. The van der Waals surface area contributed by atoms with Gasteiger partial charge in [0.05, 0.1) is 13.2 Å². The van der Waals surface area contributed by atoms with Crippen LogP contribution in [0.1, 0.15) is 32.1 Å². The normalized spacial score (nSPS) is 20.9. The van der Waals surface area contributed by atoms with E-state index in [-0.39, 0.29) is 6.10 Å². The lowest BCUT2D eigenvalue weighted by Crippen LogP contribution is -2.37. The molecule has 1 aromatic heterocycles. The fourth-order valence-corrected chi connectivity index (χ4v) is 2.83. The van der Waals surface area contributed by atoms with Gasteiger partial charge in [0, 0.05) is 13.1 Å². The van der Waals surface area contributed by atoms with E-state index in [1.165, 1.54) is 19.3 Å². The summed E-state index contributed by atoms with van der Waals surface area (Å²) in [5.74, 6) is 1.31. The van der Waals surface area contributed by atoms with Crippen LogP contribution in [0.25, 0.3) is 0 Å². The van der Waals surface area contributed by atoms with E-state index in [1.807, 2.05) is 0 Å². The zero-order chi connectivity index (χ0) is 13.8. The van der Waals surface area contributed by atoms with Gasteiger partial charge in [-0.25, -0.2) is 4.98 Å². The van der Waals surface area contributed by atoms with E-state index in [9.17, 15) is 0 Å². The number of rotatable bonds is 3. The van der Waals surface area contributed by atoms with Crippen LogP contribution in [0.3, 0.4) is 0 Å². The quantitative estimate of drug-likeness (QED) is 0.905. The molecule has 0 unspecified atom stereocenters. The fraction of sp³-hybridized carbons (Fsp3) is 0.714. The van der Waals surface area contributed by atoms with Gasteiger partial charge in [-0.1, -0.05) is 6.42 Å². The van der Waals surface area contributed by atoms with Crippen molar-refractivity contribution in [1.29, 1.82) is 0 Å². The number of nitrogen functional groups attached to an aromatic ring is 1. The van der Waals surface area contributed by atoms with Crippen molar-refractivity contribution in [3.63, 3.8) is 0 Å². The van der Waals surface area contributed by atoms with E-state index in [2.05, 4.69) is 14.9 Å². The van der Waals surface area contributed by atoms with Crippen molar-refractivity contribution in [2.75, 3.05) is 36.9 Å². The van der Waals surface area contributed by atoms with Gasteiger partial charge in [0.1, 0.15) is 18.1 Å². The Morgan fingerprint density at radius 3 is 2.65 bits per heavy atom. The third-order valence-electron chi connectivity index (χ3n) is 3.97. The molecule has 20 heavy (non-hydrogen) atoms. The van der Waals surface area contributed by atoms with Crippen LogP contribution in [0.4, 0.5) is 11.5 Å². The number of hydrogen-bond acceptors (Lipinski definition) is 6. The summed E-state index contributed by atoms with van der Waals surface area (Å²) in [7, 11) is 0. The first kappa shape index (κ1) is 13.4. The van der Waals surface area contributed by atoms with Crippen molar-refractivity contribution in [2.45, 2.75) is 38.2 Å². The van der Waals surface area contributed by atoms with Crippen LogP contribution in [0.5, 0.6) is 5.88 Å². The van der Waals surface area contributed by atoms with Gasteiger partial charge >= 0.3 is 0 Å². The standard InChI is InChI=1S/C14H22N4O2/c15-12-13(18-6-8-19-9-7-18)16-10-17-14(12)20-11-4-2-1-3-5-11/h10-11H,1-9,15H2. The van der Waals surface area contributed by atoms with Crippen molar-refractivity contribution < 1.29 is 9.47 Å². The summed E-state index contributed by atoms with van der Waals surface area (Å²) in [5.41, 5.74) is 6.75. The van der Waals surface area contributed by atoms with Gasteiger partial charge in [-0.2, -0.15) is 4.98 Å². The number of aromatic nitrogens is 2. The molecule has 0 atom stereocenters. The molecule has 2 fully saturated rings. The van der Waals surface area contributed by atoms with Crippen molar-refractivity contribution in [2.24, 2.45) is 0 Å². The van der Waals surface area contributed by atoms with Crippen molar-refractivity contribution in [3.8, 4) is 5.88 Å². The number of anilines is 2. The van der Waals surface area contributed by atoms with E-state index in [4.69, 9.17) is 15.2 Å². The Labute approximate surface area is 119 Å². The molecule has 2 heterocycles. The minimum Gasteiger partial charge on any atom is -0.473 e. The number of hydrogen-bond donors (Lipinski definition) is 1. The molecule has 110 valence electrons. The summed E-state index contributed by atoms with van der Waals surface area (Å²) in [6.45, 7) is 3.04. The minimum absolute atomic E-state index is 0.249. The Hall–Kier alpha value is -1.56. The Morgan fingerprint density at radius 1 is 1.15 bits per heavy atom. The summed E-state index contributed by atoms with van der Waals surface area (Å²) in [6, 6.07) is 0. The van der Waals surface area contributed by atoms with Gasteiger partial charge in [0.15, 0.2) is 5.82 Å². The van der Waals surface area contributed by atoms with Crippen LogP contribution in [0.15, 0.2) is 6.33 Å². The second kappa shape index (κ2) is 6.26. The molecule has 0 aromatic carbocycles. The number of nitrogens with zero attached hydrogens (tertiary/aromatic N) is 3. The topological polar surface area (TPSA) is 73.5 Å². The average molecular weight is 278 g/mol. The van der Waals surface area contributed by atoms with E-state index < -0.39 is 0 Å². The summed E-state index contributed by atoms with van der Waals surface area (Å²) in [4.78, 5) is 10.7. The first-order valence-corrected chi connectivity index (χ1v) is 7.44. The fourth-order valence-electron chi connectivity index (χ4n) is 2.83. The largest absolute Gasteiger partial charge is 0.473 e. The van der Waals surface area contributed by atoms with Crippen LogP contribution >= 0.6 is 0 Å². The molecule has 6 nitrogen and oxygen atoms in total. The second-order valence-corrected chi connectivity index (χ2v) is 5.39. The van der Waals surface area contributed by atoms with Gasteiger partial charge in [-0.05, 0) is 25.7 Å². The molecular weight excluding hydrogens is 256 g/mol. The number of nitrogens with two attached hydrogens (primary N) is 1. The summed E-state index contributed by atoms with van der Waals surface area (Å²) in [5, 5.41) is 0. The molecule has 1 aliphatic heterocycles. The zero-order valence-corrected chi connectivity index (χ0v) is 11.8. The summed E-state index contributed by atoms with van der Waals surface area (Å²) in [6.07, 6.45) is 7.74. The van der Waals surface area contributed by atoms with Gasteiger partial charge in [-0.3, -0.25) is 0 Å². The van der Waals surface area contributed by atoms with Crippen LogP contribution < -0.4 is 15.4 Å². The molecule has 2 aliphatic rings. The number of morpholine rings is 1. The lowest BCUT2D eigenvalue weighted by molar-refractivity contribution is 0.122. The van der Waals surface area contributed by atoms with Gasteiger partial charge in [0.25, 0.3) is 0 Å². The molecule has 3 rings (SSSR count). The van der Waals surface area contributed by atoms with Crippen molar-refractivity contribution in [3.05, 3.63) is 6.33 Å². The molecular formula is C14H22N4O2. The molecule has 1 aliphatic carbocycles. The maximum Gasteiger partial charge on any atom is 0.242 e. The Bertz CT molecular complexity index is 443. The summed E-state index contributed by atoms with van der Waals surface area (Å²) < 4.78 is 11.3. The zero-order valence-electron chi connectivity index (χ0n) is 11.8. The molecule has 1 saturated carbocycles. The molecule has 2 N–H and O–H groups in total. The van der Waals surface area contributed by atoms with Crippen LogP contribution in [0.2, 0.25) is 0 Å². The SMILES string of the molecule is Nc1c(OC2CCCCC2)ncnc1N1CCOCC1. The summed E-state index contributed by atoms with van der Waals surface area (Å²) >= 11 is 0. The highest BCUT2D eigenvalue weighted by molar-refractivity contribution is 5.67. The maximum absolute atomic E-state index is 6.20.